The van der Waals surface area contributed by atoms with E-state index in [9.17, 15) is 0 Å². The van der Waals surface area contributed by atoms with Crippen LogP contribution in [-0.4, -0.2) is 16.5 Å². The van der Waals surface area contributed by atoms with Crippen LogP contribution in [-0.2, 0) is 0 Å². The summed E-state index contributed by atoms with van der Waals surface area (Å²) in [5, 5.41) is 4.56. The SMILES string of the molecule is CC(C)CCCNc1c(C(N)=S)cnc2ccccc12. The van der Waals surface area contributed by atoms with Gasteiger partial charge in [-0.15, -0.1) is 0 Å². The van der Waals surface area contributed by atoms with E-state index >= 15 is 0 Å². The molecule has 2 aromatic rings. The standard InChI is InChI=1S/C16H21N3S/c1-11(2)6-5-9-18-15-12-7-3-4-8-14(12)19-10-13(15)16(17)20/h3-4,7-8,10-11H,5-6,9H2,1-2H3,(H2,17,20)(H,18,19). The Morgan fingerprint density at radius 2 is 2.10 bits per heavy atom. The Labute approximate surface area is 125 Å². The zero-order valence-corrected chi connectivity index (χ0v) is 12.8. The van der Waals surface area contributed by atoms with E-state index in [1.54, 1.807) is 6.20 Å². The van der Waals surface area contributed by atoms with Crippen molar-refractivity contribution in [1.82, 2.24) is 4.98 Å². The third-order valence-electron chi connectivity index (χ3n) is 3.30. The minimum atomic E-state index is 0.384. The maximum atomic E-state index is 5.81. The van der Waals surface area contributed by atoms with Crippen molar-refractivity contribution in [3.05, 3.63) is 36.0 Å². The number of para-hydroxylation sites is 1. The summed E-state index contributed by atoms with van der Waals surface area (Å²) >= 11 is 5.13. The van der Waals surface area contributed by atoms with Crippen molar-refractivity contribution in [3.63, 3.8) is 0 Å². The van der Waals surface area contributed by atoms with Gasteiger partial charge in [-0.1, -0.05) is 44.3 Å². The van der Waals surface area contributed by atoms with E-state index in [1.165, 1.54) is 6.42 Å². The molecule has 0 radical (unpaired) electrons. The first kappa shape index (κ1) is 14.7. The van der Waals surface area contributed by atoms with Gasteiger partial charge >= 0.3 is 0 Å². The number of hydrogen-bond acceptors (Lipinski definition) is 3. The van der Waals surface area contributed by atoms with Gasteiger partial charge in [0.2, 0.25) is 0 Å². The van der Waals surface area contributed by atoms with Crippen molar-refractivity contribution in [3.8, 4) is 0 Å². The average Bonchev–Trinajstić information content (AvgIpc) is 2.42. The third-order valence-corrected chi connectivity index (χ3v) is 3.52. The minimum Gasteiger partial charge on any atom is -0.389 e. The maximum Gasteiger partial charge on any atom is 0.107 e. The molecular weight excluding hydrogens is 266 g/mol. The lowest BCUT2D eigenvalue weighted by Gasteiger charge is -2.14. The average molecular weight is 287 g/mol. The van der Waals surface area contributed by atoms with E-state index in [2.05, 4.69) is 30.2 Å². The Balaban J connectivity index is 2.28. The molecule has 106 valence electrons. The number of pyridine rings is 1. The lowest BCUT2D eigenvalue weighted by molar-refractivity contribution is 0.567. The lowest BCUT2D eigenvalue weighted by Crippen LogP contribution is -2.15. The molecule has 3 nitrogen and oxygen atoms in total. The number of anilines is 1. The highest BCUT2D eigenvalue weighted by atomic mass is 32.1. The Morgan fingerprint density at radius 1 is 1.35 bits per heavy atom. The molecule has 0 unspecified atom stereocenters. The normalized spacial score (nSPS) is 10.9. The van der Waals surface area contributed by atoms with Gasteiger partial charge in [0, 0.05) is 18.1 Å². The molecule has 0 aliphatic carbocycles. The Bertz CT molecular complexity index is 608. The molecule has 0 spiro atoms. The number of fused-ring (bicyclic) bond motifs is 1. The minimum absolute atomic E-state index is 0.384. The summed E-state index contributed by atoms with van der Waals surface area (Å²) in [6, 6.07) is 8.04. The van der Waals surface area contributed by atoms with Gasteiger partial charge in [0.15, 0.2) is 0 Å². The highest BCUT2D eigenvalue weighted by Gasteiger charge is 2.10. The van der Waals surface area contributed by atoms with Crippen LogP contribution < -0.4 is 11.1 Å². The molecule has 1 heterocycles. The van der Waals surface area contributed by atoms with Crippen LogP contribution >= 0.6 is 12.2 Å². The summed E-state index contributed by atoms with van der Waals surface area (Å²) < 4.78 is 0. The summed E-state index contributed by atoms with van der Waals surface area (Å²) in [4.78, 5) is 4.80. The van der Waals surface area contributed by atoms with E-state index in [0.29, 0.717) is 4.99 Å². The predicted molar refractivity (Wildman–Crippen MR) is 90.2 cm³/mol. The van der Waals surface area contributed by atoms with Crippen molar-refractivity contribution < 1.29 is 0 Å². The molecule has 1 aromatic carbocycles. The van der Waals surface area contributed by atoms with Gasteiger partial charge in [0.1, 0.15) is 4.99 Å². The fraction of sp³-hybridized carbons (Fsp3) is 0.375. The molecule has 0 aliphatic heterocycles. The predicted octanol–water partition coefficient (Wildman–Crippen LogP) is 3.72. The van der Waals surface area contributed by atoms with Gasteiger partial charge in [-0.2, -0.15) is 0 Å². The van der Waals surface area contributed by atoms with Crippen molar-refractivity contribution in [2.75, 3.05) is 11.9 Å². The number of benzene rings is 1. The van der Waals surface area contributed by atoms with Crippen LogP contribution in [0.4, 0.5) is 5.69 Å². The number of nitrogens with two attached hydrogens (primary N) is 1. The zero-order chi connectivity index (χ0) is 14.5. The number of rotatable bonds is 6. The van der Waals surface area contributed by atoms with Crippen LogP contribution in [0.2, 0.25) is 0 Å². The molecule has 4 heteroatoms. The van der Waals surface area contributed by atoms with Crippen LogP contribution in [0.15, 0.2) is 30.5 Å². The molecule has 3 N–H and O–H groups in total. The fourth-order valence-corrected chi connectivity index (χ4v) is 2.40. The molecule has 0 amide bonds. The van der Waals surface area contributed by atoms with Gasteiger partial charge in [-0.25, -0.2) is 0 Å². The summed E-state index contributed by atoms with van der Waals surface area (Å²) in [5.74, 6) is 0.723. The first-order chi connectivity index (χ1) is 9.59. The van der Waals surface area contributed by atoms with E-state index in [4.69, 9.17) is 18.0 Å². The molecule has 2 rings (SSSR count). The van der Waals surface area contributed by atoms with Gasteiger partial charge in [0.05, 0.1) is 16.8 Å². The van der Waals surface area contributed by atoms with E-state index in [0.717, 1.165) is 41.0 Å². The highest BCUT2D eigenvalue weighted by molar-refractivity contribution is 7.80. The zero-order valence-electron chi connectivity index (χ0n) is 12.0. The molecule has 1 aromatic heterocycles. The smallest absolute Gasteiger partial charge is 0.107 e. The van der Waals surface area contributed by atoms with Crippen molar-refractivity contribution in [1.29, 1.82) is 0 Å². The largest absolute Gasteiger partial charge is 0.389 e. The van der Waals surface area contributed by atoms with Crippen molar-refractivity contribution >= 4 is 33.8 Å². The number of thiocarbonyl (C=S) groups is 1. The third kappa shape index (κ3) is 3.45. The quantitative estimate of drug-likeness (QED) is 0.628. The van der Waals surface area contributed by atoms with Crippen molar-refractivity contribution in [2.24, 2.45) is 11.7 Å². The number of nitrogens with one attached hydrogen (secondary N) is 1. The summed E-state index contributed by atoms with van der Waals surface area (Å²) in [7, 11) is 0. The number of hydrogen-bond donors (Lipinski definition) is 2. The summed E-state index contributed by atoms with van der Waals surface area (Å²) in [5.41, 5.74) is 8.60. The highest BCUT2D eigenvalue weighted by Crippen LogP contribution is 2.26. The molecule has 0 fully saturated rings. The topological polar surface area (TPSA) is 50.9 Å². The molecule has 0 aliphatic rings. The number of aromatic nitrogens is 1. The fourth-order valence-electron chi connectivity index (χ4n) is 2.24. The van der Waals surface area contributed by atoms with E-state index < -0.39 is 0 Å². The van der Waals surface area contributed by atoms with Gasteiger partial charge in [-0.3, -0.25) is 4.98 Å². The van der Waals surface area contributed by atoms with Gasteiger partial charge in [0.25, 0.3) is 0 Å². The molecule has 0 saturated heterocycles. The molecule has 0 atom stereocenters. The van der Waals surface area contributed by atoms with Crippen LogP contribution in [0.1, 0.15) is 32.3 Å². The Morgan fingerprint density at radius 3 is 2.80 bits per heavy atom. The molecule has 0 saturated carbocycles. The second kappa shape index (κ2) is 6.66. The Kier molecular flexibility index (Phi) is 4.90. The number of nitrogens with zero attached hydrogens (tertiary/aromatic N) is 1. The van der Waals surface area contributed by atoms with Gasteiger partial charge < -0.3 is 11.1 Å². The van der Waals surface area contributed by atoms with Crippen LogP contribution in [0.25, 0.3) is 10.9 Å². The second-order valence-electron chi connectivity index (χ2n) is 5.39. The maximum absolute atomic E-state index is 5.81. The summed E-state index contributed by atoms with van der Waals surface area (Å²) in [6.07, 6.45) is 4.10. The Hall–Kier alpha value is -1.68. The summed E-state index contributed by atoms with van der Waals surface area (Å²) in [6.45, 7) is 5.40. The lowest BCUT2D eigenvalue weighted by atomic mass is 10.1. The van der Waals surface area contributed by atoms with Crippen molar-refractivity contribution in [2.45, 2.75) is 26.7 Å². The van der Waals surface area contributed by atoms with Crippen LogP contribution in [0, 0.1) is 5.92 Å². The van der Waals surface area contributed by atoms with E-state index in [-0.39, 0.29) is 0 Å². The molecule has 20 heavy (non-hydrogen) atoms. The molecule has 0 bridgehead atoms. The second-order valence-corrected chi connectivity index (χ2v) is 5.83. The monoisotopic (exact) mass is 287 g/mol. The van der Waals surface area contributed by atoms with Crippen LogP contribution in [0.3, 0.4) is 0 Å². The first-order valence-electron chi connectivity index (χ1n) is 7.01. The van der Waals surface area contributed by atoms with E-state index in [1.807, 2.05) is 18.2 Å². The first-order valence-corrected chi connectivity index (χ1v) is 7.42. The van der Waals surface area contributed by atoms with Gasteiger partial charge in [-0.05, 0) is 24.8 Å². The molecular formula is C16H21N3S. The van der Waals surface area contributed by atoms with Crippen LogP contribution in [0.5, 0.6) is 0 Å².